The van der Waals surface area contributed by atoms with Crippen LogP contribution in [0.25, 0.3) is 0 Å². The molecule has 22 heavy (non-hydrogen) atoms. The molecule has 0 spiro atoms. The molecule has 0 bridgehead atoms. The first-order valence-corrected chi connectivity index (χ1v) is 7.66. The Labute approximate surface area is 130 Å². The Morgan fingerprint density at radius 2 is 1.86 bits per heavy atom. The van der Waals surface area contributed by atoms with E-state index in [1.54, 1.807) is 0 Å². The van der Waals surface area contributed by atoms with E-state index < -0.39 is 6.09 Å². The monoisotopic (exact) mass is 305 g/mol. The zero-order valence-electron chi connectivity index (χ0n) is 12.6. The zero-order valence-corrected chi connectivity index (χ0v) is 12.6. The number of alkyl carbamates (subject to hydrolysis) is 1. The van der Waals surface area contributed by atoms with Crippen molar-refractivity contribution < 1.29 is 14.3 Å². The van der Waals surface area contributed by atoms with E-state index in [2.05, 4.69) is 16.0 Å². The van der Waals surface area contributed by atoms with Gasteiger partial charge in [0.25, 0.3) is 0 Å². The first-order chi connectivity index (χ1) is 10.7. The third kappa shape index (κ3) is 6.13. The summed E-state index contributed by atoms with van der Waals surface area (Å²) in [6.45, 7) is 2.82. The van der Waals surface area contributed by atoms with Gasteiger partial charge in [0.1, 0.15) is 6.61 Å². The molecule has 1 saturated heterocycles. The van der Waals surface area contributed by atoms with Gasteiger partial charge in [0.2, 0.25) is 5.91 Å². The summed E-state index contributed by atoms with van der Waals surface area (Å²) < 4.78 is 5.03. The van der Waals surface area contributed by atoms with Crippen molar-refractivity contribution >= 4 is 12.0 Å². The Hall–Kier alpha value is -2.08. The number of nitrogens with one attached hydrogen (secondary N) is 3. The molecule has 1 aromatic rings. The van der Waals surface area contributed by atoms with Crippen LogP contribution in [0.5, 0.6) is 0 Å². The summed E-state index contributed by atoms with van der Waals surface area (Å²) in [6.07, 6.45) is 1.57. The Kier molecular flexibility index (Phi) is 6.70. The van der Waals surface area contributed by atoms with E-state index >= 15 is 0 Å². The molecule has 6 nitrogen and oxygen atoms in total. The Morgan fingerprint density at radius 1 is 1.14 bits per heavy atom. The van der Waals surface area contributed by atoms with Gasteiger partial charge < -0.3 is 20.7 Å². The van der Waals surface area contributed by atoms with Gasteiger partial charge in [0.05, 0.1) is 6.54 Å². The summed E-state index contributed by atoms with van der Waals surface area (Å²) in [7, 11) is 0. The molecular weight excluding hydrogens is 282 g/mol. The summed E-state index contributed by atoms with van der Waals surface area (Å²) in [4.78, 5) is 23.2. The number of amides is 2. The number of carbonyl (C=O) groups is 2. The Morgan fingerprint density at radius 3 is 2.59 bits per heavy atom. The highest BCUT2D eigenvalue weighted by atomic mass is 16.5. The highest BCUT2D eigenvalue weighted by Gasteiger charge is 2.14. The van der Waals surface area contributed by atoms with Crippen molar-refractivity contribution in [1.29, 1.82) is 0 Å². The van der Waals surface area contributed by atoms with Crippen LogP contribution in [0, 0.1) is 5.92 Å². The van der Waals surface area contributed by atoms with E-state index in [4.69, 9.17) is 4.74 Å². The van der Waals surface area contributed by atoms with Crippen LogP contribution in [0.3, 0.4) is 0 Å². The topological polar surface area (TPSA) is 79.5 Å². The molecule has 1 aliphatic rings. The molecule has 2 amide bonds. The van der Waals surface area contributed by atoms with Crippen LogP contribution in [-0.2, 0) is 16.1 Å². The van der Waals surface area contributed by atoms with Gasteiger partial charge in [-0.3, -0.25) is 4.79 Å². The molecule has 0 atom stereocenters. The number of hydrogen-bond acceptors (Lipinski definition) is 4. The van der Waals surface area contributed by atoms with Gasteiger partial charge in [-0.25, -0.2) is 4.79 Å². The zero-order chi connectivity index (χ0) is 15.6. The first-order valence-electron chi connectivity index (χ1n) is 7.66. The van der Waals surface area contributed by atoms with Crippen molar-refractivity contribution in [2.75, 3.05) is 26.2 Å². The van der Waals surface area contributed by atoms with Crippen molar-refractivity contribution in [2.24, 2.45) is 5.92 Å². The minimum atomic E-state index is -0.583. The smallest absolute Gasteiger partial charge is 0.407 e. The molecule has 1 aliphatic heterocycles. The van der Waals surface area contributed by atoms with Crippen LogP contribution in [0.2, 0.25) is 0 Å². The van der Waals surface area contributed by atoms with Crippen LogP contribution in [0.4, 0.5) is 4.79 Å². The number of benzene rings is 1. The maximum Gasteiger partial charge on any atom is 0.407 e. The molecule has 0 saturated carbocycles. The quantitative estimate of drug-likeness (QED) is 0.733. The summed E-state index contributed by atoms with van der Waals surface area (Å²) in [5, 5.41) is 8.58. The second kappa shape index (κ2) is 9.04. The lowest BCUT2D eigenvalue weighted by atomic mass is 9.98. The maximum atomic E-state index is 11.7. The van der Waals surface area contributed by atoms with Gasteiger partial charge in [0, 0.05) is 6.54 Å². The van der Waals surface area contributed by atoms with Crippen molar-refractivity contribution in [2.45, 2.75) is 19.4 Å². The van der Waals surface area contributed by atoms with E-state index in [1.807, 2.05) is 30.3 Å². The van der Waals surface area contributed by atoms with Gasteiger partial charge in [-0.2, -0.15) is 0 Å². The third-order valence-corrected chi connectivity index (χ3v) is 3.65. The molecule has 1 aromatic carbocycles. The SMILES string of the molecule is O=C(CNC(=O)OCc1ccccc1)NCC1CCNCC1. The highest BCUT2D eigenvalue weighted by Crippen LogP contribution is 2.09. The van der Waals surface area contributed by atoms with Crippen LogP contribution < -0.4 is 16.0 Å². The molecule has 2 rings (SSSR count). The van der Waals surface area contributed by atoms with Gasteiger partial charge in [-0.15, -0.1) is 0 Å². The molecule has 0 unspecified atom stereocenters. The van der Waals surface area contributed by atoms with Crippen LogP contribution in [-0.4, -0.2) is 38.2 Å². The van der Waals surface area contributed by atoms with E-state index in [0.29, 0.717) is 12.5 Å². The fourth-order valence-electron chi connectivity index (χ4n) is 2.33. The number of rotatable bonds is 6. The van der Waals surface area contributed by atoms with E-state index in [1.165, 1.54) is 0 Å². The normalized spacial score (nSPS) is 15.1. The van der Waals surface area contributed by atoms with Crippen molar-refractivity contribution in [3.05, 3.63) is 35.9 Å². The predicted molar refractivity (Wildman–Crippen MR) is 83.2 cm³/mol. The summed E-state index contributed by atoms with van der Waals surface area (Å²) in [6, 6.07) is 9.41. The maximum absolute atomic E-state index is 11.7. The molecule has 120 valence electrons. The summed E-state index contributed by atoms with van der Waals surface area (Å²) in [5.41, 5.74) is 0.910. The van der Waals surface area contributed by atoms with Crippen LogP contribution >= 0.6 is 0 Å². The number of piperidine rings is 1. The van der Waals surface area contributed by atoms with Crippen LogP contribution in [0.15, 0.2) is 30.3 Å². The fourth-order valence-corrected chi connectivity index (χ4v) is 2.33. The molecule has 0 radical (unpaired) electrons. The minimum absolute atomic E-state index is 0.0570. The Balaban J connectivity index is 1.56. The minimum Gasteiger partial charge on any atom is -0.445 e. The number of ether oxygens (including phenoxy) is 1. The molecule has 1 fully saturated rings. The summed E-state index contributed by atoms with van der Waals surface area (Å²) >= 11 is 0. The summed E-state index contributed by atoms with van der Waals surface area (Å²) in [5.74, 6) is 0.338. The van der Waals surface area contributed by atoms with Crippen molar-refractivity contribution in [1.82, 2.24) is 16.0 Å². The fraction of sp³-hybridized carbons (Fsp3) is 0.500. The largest absolute Gasteiger partial charge is 0.445 e. The molecular formula is C16H23N3O3. The third-order valence-electron chi connectivity index (χ3n) is 3.65. The Bertz CT molecular complexity index is 473. The molecule has 0 aliphatic carbocycles. The average molecular weight is 305 g/mol. The van der Waals surface area contributed by atoms with Gasteiger partial charge in [-0.05, 0) is 37.4 Å². The molecule has 6 heteroatoms. The van der Waals surface area contributed by atoms with E-state index in [0.717, 1.165) is 31.5 Å². The molecule has 0 aromatic heterocycles. The second-order valence-electron chi connectivity index (χ2n) is 5.41. The molecule has 3 N–H and O–H groups in total. The van der Waals surface area contributed by atoms with E-state index in [-0.39, 0.29) is 19.1 Å². The standard InChI is InChI=1S/C16H23N3O3/c20-15(18-10-13-6-8-17-9-7-13)11-19-16(21)22-12-14-4-2-1-3-5-14/h1-5,13,17H,6-12H2,(H,18,20)(H,19,21). The average Bonchev–Trinajstić information content (AvgIpc) is 2.58. The number of hydrogen-bond donors (Lipinski definition) is 3. The van der Waals surface area contributed by atoms with Crippen LogP contribution in [0.1, 0.15) is 18.4 Å². The lowest BCUT2D eigenvalue weighted by Crippen LogP contribution is -2.41. The number of carbonyl (C=O) groups excluding carboxylic acids is 2. The second-order valence-corrected chi connectivity index (χ2v) is 5.41. The van der Waals surface area contributed by atoms with Crippen molar-refractivity contribution in [3.8, 4) is 0 Å². The molecule has 1 heterocycles. The van der Waals surface area contributed by atoms with Crippen molar-refractivity contribution in [3.63, 3.8) is 0 Å². The lowest BCUT2D eigenvalue weighted by Gasteiger charge is -2.22. The van der Waals surface area contributed by atoms with E-state index in [9.17, 15) is 9.59 Å². The highest BCUT2D eigenvalue weighted by molar-refractivity contribution is 5.82. The van der Waals surface area contributed by atoms with Gasteiger partial charge in [-0.1, -0.05) is 30.3 Å². The predicted octanol–water partition coefficient (Wildman–Crippen LogP) is 1.03. The lowest BCUT2D eigenvalue weighted by molar-refractivity contribution is -0.120. The van der Waals surface area contributed by atoms with Gasteiger partial charge in [0.15, 0.2) is 0 Å². The first kappa shape index (κ1) is 16.3. The van der Waals surface area contributed by atoms with Gasteiger partial charge >= 0.3 is 6.09 Å².